The SMILES string of the molecule is [2H]c1cc([2H])c2sc3c(-c4cc(-c5nc(-c6ccccc6)nc(-c6c([2H])c([2H])c([2H])c([2H])c6[2H])n5)ccc4-n4c5ccccc5c5ccccc54)c([2H])c([2H])c([2H])c3c2c1[2H]. The molecule has 0 amide bonds. The van der Waals surface area contributed by atoms with Gasteiger partial charge in [0.25, 0.3) is 0 Å². The maximum absolute atomic E-state index is 9.52. The van der Waals surface area contributed by atoms with Crippen LogP contribution < -0.4 is 0 Å². The molecule has 7 aromatic carbocycles. The Hall–Kier alpha value is -6.43. The first-order chi connectivity index (χ1) is 29.3. The van der Waals surface area contributed by atoms with Gasteiger partial charge in [-0.05, 0) is 36.4 Å². The van der Waals surface area contributed by atoms with E-state index in [0.717, 1.165) is 33.1 Å². The Morgan fingerprint density at radius 2 is 1.12 bits per heavy atom. The second kappa shape index (κ2) is 11.6. The average Bonchev–Trinajstić information content (AvgIpc) is 3.84. The number of hydrogen-bond donors (Lipinski definition) is 0. The minimum absolute atomic E-state index is 0.00390. The van der Waals surface area contributed by atoms with Crippen molar-refractivity contribution in [3.63, 3.8) is 0 Å². The Morgan fingerprint density at radius 3 is 1.88 bits per heavy atom. The molecule has 0 atom stereocenters. The molecule has 3 aromatic heterocycles. The summed E-state index contributed by atoms with van der Waals surface area (Å²) in [6.45, 7) is 0. The second-order valence-electron chi connectivity index (χ2n) is 11.6. The molecule has 0 aliphatic heterocycles. The third kappa shape index (κ3) is 4.63. The second-order valence-corrected chi connectivity index (χ2v) is 12.6. The molecule has 0 aliphatic carbocycles. The van der Waals surface area contributed by atoms with Crippen LogP contribution in [0.5, 0.6) is 0 Å². The largest absolute Gasteiger partial charge is 0.309 e. The fourth-order valence-electron chi connectivity index (χ4n) is 6.51. The van der Waals surface area contributed by atoms with E-state index in [1.54, 1.807) is 36.4 Å². The number of benzene rings is 7. The summed E-state index contributed by atoms with van der Waals surface area (Å²) in [6, 6.07) is 27.6. The first-order valence-electron chi connectivity index (χ1n) is 21.3. The monoisotopic (exact) mass is 667 g/mol. The van der Waals surface area contributed by atoms with Gasteiger partial charge in [0, 0.05) is 58.8 Å². The van der Waals surface area contributed by atoms with Gasteiger partial charge in [0.15, 0.2) is 17.5 Å². The lowest BCUT2D eigenvalue weighted by Crippen LogP contribution is -2.02. The Balaban J connectivity index is 1.35. The molecule has 0 saturated heterocycles. The van der Waals surface area contributed by atoms with Crippen molar-refractivity contribution in [2.45, 2.75) is 0 Å². The Morgan fingerprint density at radius 1 is 0.460 bits per heavy atom. The van der Waals surface area contributed by atoms with Gasteiger partial charge in [-0.3, -0.25) is 0 Å². The van der Waals surface area contributed by atoms with Crippen molar-refractivity contribution in [1.29, 1.82) is 0 Å². The van der Waals surface area contributed by atoms with Crippen LogP contribution in [0.15, 0.2) is 170 Å². The zero-order valence-electron chi connectivity index (χ0n) is 37.0. The molecule has 4 nitrogen and oxygen atoms in total. The van der Waals surface area contributed by atoms with Gasteiger partial charge in [-0.1, -0.05) is 133 Å². The summed E-state index contributed by atoms with van der Waals surface area (Å²) in [6.07, 6.45) is 0. The van der Waals surface area contributed by atoms with E-state index < -0.39 is 36.3 Å². The third-order valence-electron chi connectivity index (χ3n) is 8.72. The highest BCUT2D eigenvalue weighted by Crippen LogP contribution is 2.44. The molecule has 3 heterocycles. The lowest BCUT2D eigenvalue weighted by atomic mass is 9.98. The minimum Gasteiger partial charge on any atom is -0.309 e. The van der Waals surface area contributed by atoms with Crippen molar-refractivity contribution in [2.75, 3.05) is 0 Å². The maximum atomic E-state index is 9.52. The number of thiophene rings is 1. The first-order valence-corrected chi connectivity index (χ1v) is 16.6. The number of hydrogen-bond acceptors (Lipinski definition) is 4. The minimum atomic E-state index is -0.554. The predicted molar refractivity (Wildman–Crippen MR) is 209 cm³/mol. The fraction of sp³-hybridized carbons (Fsp3) is 0. The quantitative estimate of drug-likeness (QED) is 0.183. The third-order valence-corrected chi connectivity index (χ3v) is 9.86. The van der Waals surface area contributed by atoms with Crippen LogP contribution in [-0.2, 0) is 0 Å². The molecule has 5 heteroatoms. The molecule has 0 saturated carbocycles. The summed E-state index contributed by atoms with van der Waals surface area (Å²) in [5.74, 6) is 0.123. The Labute approximate surface area is 308 Å². The fourth-order valence-corrected chi connectivity index (χ4v) is 7.60. The standard InChI is InChI=1S/C45H28N4S/c1-3-14-29(15-4-1)43-46-44(30-16-5-2-6-17-30)48-45(47-43)31-26-27-40(49-38-23-10-7-18-32(38)33-19-8-11-24-39(33)49)37(28-31)36-22-13-21-35-34-20-9-12-25-41(34)50-42(35)36/h1-28H/i1D,3D,4D,9D,13D,14D,15D,20D,21D,22D,25D. The molecular formula is C45H28N4S. The normalized spacial score (nSPS) is 14.7. The van der Waals surface area contributed by atoms with Gasteiger partial charge >= 0.3 is 0 Å². The van der Waals surface area contributed by atoms with E-state index >= 15 is 0 Å². The summed E-state index contributed by atoms with van der Waals surface area (Å²) in [7, 11) is 0. The van der Waals surface area contributed by atoms with Crippen molar-refractivity contribution in [3.8, 4) is 51.0 Å². The summed E-state index contributed by atoms with van der Waals surface area (Å²) in [4.78, 5) is 14.3. The van der Waals surface area contributed by atoms with E-state index in [9.17, 15) is 1.37 Å². The van der Waals surface area contributed by atoms with Gasteiger partial charge in [-0.25, -0.2) is 15.0 Å². The van der Waals surface area contributed by atoms with Gasteiger partial charge < -0.3 is 4.57 Å². The molecule has 50 heavy (non-hydrogen) atoms. The van der Waals surface area contributed by atoms with Crippen molar-refractivity contribution < 1.29 is 15.1 Å². The van der Waals surface area contributed by atoms with E-state index in [4.69, 9.17) is 23.7 Å². The van der Waals surface area contributed by atoms with E-state index in [0.29, 0.717) is 31.8 Å². The number of nitrogens with zero attached hydrogens (tertiary/aromatic N) is 4. The summed E-state index contributed by atoms with van der Waals surface area (Å²) in [5.41, 5.74) is 3.81. The molecule has 0 unspecified atom stereocenters. The molecule has 0 bridgehead atoms. The zero-order valence-corrected chi connectivity index (χ0v) is 26.8. The molecular weight excluding hydrogens is 629 g/mol. The van der Waals surface area contributed by atoms with E-state index in [1.165, 1.54) is 6.07 Å². The van der Waals surface area contributed by atoms with Crippen LogP contribution in [-0.4, -0.2) is 19.5 Å². The van der Waals surface area contributed by atoms with Gasteiger partial charge in [0.1, 0.15) is 0 Å². The van der Waals surface area contributed by atoms with Crippen molar-refractivity contribution in [2.24, 2.45) is 0 Å². The Kier molecular flexibility index (Phi) is 4.54. The maximum Gasteiger partial charge on any atom is 0.164 e. The number of para-hydroxylation sites is 2. The van der Waals surface area contributed by atoms with Crippen LogP contribution in [0.3, 0.4) is 0 Å². The van der Waals surface area contributed by atoms with E-state index in [-0.39, 0.29) is 69.6 Å². The lowest BCUT2D eigenvalue weighted by molar-refractivity contribution is 1.07. The van der Waals surface area contributed by atoms with Crippen LogP contribution >= 0.6 is 11.3 Å². The average molecular weight is 668 g/mol. The van der Waals surface area contributed by atoms with Gasteiger partial charge in [-0.2, -0.15) is 0 Å². The van der Waals surface area contributed by atoms with Crippen LogP contribution in [0.1, 0.15) is 15.1 Å². The van der Waals surface area contributed by atoms with Crippen molar-refractivity contribution in [3.05, 3.63) is 170 Å². The first kappa shape index (κ1) is 19.5. The van der Waals surface area contributed by atoms with Crippen LogP contribution in [0.4, 0.5) is 0 Å². The molecule has 0 radical (unpaired) electrons. The van der Waals surface area contributed by atoms with Crippen LogP contribution in [0.25, 0.3) is 93.0 Å². The molecule has 10 aromatic rings. The van der Waals surface area contributed by atoms with Crippen molar-refractivity contribution in [1.82, 2.24) is 19.5 Å². The molecule has 0 aliphatic rings. The van der Waals surface area contributed by atoms with Crippen LogP contribution in [0, 0.1) is 0 Å². The molecule has 234 valence electrons. The summed E-state index contributed by atoms with van der Waals surface area (Å²) in [5, 5.41) is 2.36. The highest BCUT2D eigenvalue weighted by Gasteiger charge is 2.20. The smallest absolute Gasteiger partial charge is 0.164 e. The summed E-state index contributed by atoms with van der Waals surface area (Å²) < 4.78 is 99.2. The zero-order chi connectivity index (χ0) is 42.6. The highest BCUT2D eigenvalue weighted by atomic mass is 32.1. The molecule has 0 spiro atoms. The number of fused-ring (bicyclic) bond motifs is 6. The summed E-state index contributed by atoms with van der Waals surface area (Å²) >= 11 is 1.13. The van der Waals surface area contributed by atoms with Crippen LogP contribution in [0.2, 0.25) is 0 Å². The molecule has 0 N–H and O–H groups in total. The highest BCUT2D eigenvalue weighted by molar-refractivity contribution is 7.26. The number of rotatable bonds is 5. The Bertz CT molecular complexity index is 3430. The molecule has 0 fully saturated rings. The van der Waals surface area contributed by atoms with E-state index in [1.807, 2.05) is 60.7 Å². The number of aromatic nitrogens is 4. The van der Waals surface area contributed by atoms with Gasteiger partial charge in [0.05, 0.1) is 31.8 Å². The van der Waals surface area contributed by atoms with E-state index in [2.05, 4.69) is 9.55 Å². The van der Waals surface area contributed by atoms with Gasteiger partial charge in [0.2, 0.25) is 0 Å². The lowest BCUT2D eigenvalue weighted by Gasteiger charge is -2.17. The van der Waals surface area contributed by atoms with Crippen molar-refractivity contribution >= 4 is 53.3 Å². The predicted octanol–water partition coefficient (Wildman–Crippen LogP) is 12.0. The topological polar surface area (TPSA) is 43.6 Å². The van der Waals surface area contributed by atoms with Gasteiger partial charge in [-0.15, -0.1) is 11.3 Å². The molecule has 10 rings (SSSR count).